The first-order chi connectivity index (χ1) is 9.97. The summed E-state index contributed by atoms with van der Waals surface area (Å²) < 4.78 is 26.8. The standard InChI is InChI=1S/C14H20N4O2S/c1-11(2)9-12-3-5-13(6-4-12)21(19,20)17-8-7-14-15-10-16-18-14/h3-6,10-11,17H,7-9H2,1-2H3,(H,15,16,18). The van der Waals surface area contributed by atoms with Gasteiger partial charge in [-0.25, -0.2) is 18.1 Å². The Hall–Kier alpha value is -1.73. The molecule has 0 aliphatic carbocycles. The fourth-order valence-electron chi connectivity index (χ4n) is 2.01. The molecule has 0 saturated carbocycles. The molecule has 0 fully saturated rings. The zero-order valence-corrected chi connectivity index (χ0v) is 13.0. The molecule has 2 N–H and O–H groups in total. The molecule has 0 aliphatic heterocycles. The van der Waals surface area contributed by atoms with E-state index in [1.807, 2.05) is 12.1 Å². The Bertz CT molecular complexity index is 649. The first-order valence-electron chi connectivity index (χ1n) is 6.90. The van der Waals surface area contributed by atoms with Gasteiger partial charge in [-0.15, -0.1) is 0 Å². The highest BCUT2D eigenvalue weighted by Crippen LogP contribution is 2.13. The zero-order chi connectivity index (χ0) is 15.3. The van der Waals surface area contributed by atoms with Crippen molar-refractivity contribution in [2.75, 3.05) is 6.54 Å². The van der Waals surface area contributed by atoms with Crippen molar-refractivity contribution in [3.05, 3.63) is 42.0 Å². The predicted molar refractivity (Wildman–Crippen MR) is 80.3 cm³/mol. The van der Waals surface area contributed by atoms with Gasteiger partial charge < -0.3 is 0 Å². The van der Waals surface area contributed by atoms with Crippen LogP contribution in [0.3, 0.4) is 0 Å². The molecule has 6 nitrogen and oxygen atoms in total. The SMILES string of the molecule is CC(C)Cc1ccc(S(=O)(=O)NCCc2ncn[nH]2)cc1. The number of benzene rings is 1. The van der Waals surface area contributed by atoms with Crippen LogP contribution in [0, 0.1) is 5.92 Å². The lowest BCUT2D eigenvalue weighted by Crippen LogP contribution is -2.26. The van der Waals surface area contributed by atoms with Crippen molar-refractivity contribution in [3.63, 3.8) is 0 Å². The van der Waals surface area contributed by atoms with Gasteiger partial charge in [-0.1, -0.05) is 26.0 Å². The van der Waals surface area contributed by atoms with Gasteiger partial charge in [-0.3, -0.25) is 5.10 Å². The van der Waals surface area contributed by atoms with E-state index in [0.717, 1.165) is 12.0 Å². The Morgan fingerprint density at radius 3 is 2.52 bits per heavy atom. The van der Waals surface area contributed by atoms with Gasteiger partial charge in [0, 0.05) is 13.0 Å². The van der Waals surface area contributed by atoms with Crippen molar-refractivity contribution < 1.29 is 8.42 Å². The highest BCUT2D eigenvalue weighted by atomic mass is 32.2. The second-order valence-corrected chi connectivity index (χ2v) is 7.09. The van der Waals surface area contributed by atoms with Crippen LogP contribution in [0.15, 0.2) is 35.5 Å². The van der Waals surface area contributed by atoms with Crippen molar-refractivity contribution in [2.24, 2.45) is 5.92 Å². The maximum atomic E-state index is 12.1. The Morgan fingerprint density at radius 2 is 1.95 bits per heavy atom. The van der Waals surface area contributed by atoms with E-state index in [-0.39, 0.29) is 11.4 Å². The number of hydrogen-bond donors (Lipinski definition) is 2. The zero-order valence-electron chi connectivity index (χ0n) is 12.2. The minimum absolute atomic E-state index is 0.283. The molecule has 2 aromatic rings. The first kappa shape index (κ1) is 15.7. The monoisotopic (exact) mass is 308 g/mol. The fraction of sp³-hybridized carbons (Fsp3) is 0.429. The summed E-state index contributed by atoms with van der Waals surface area (Å²) in [5.41, 5.74) is 1.14. The molecule has 0 spiro atoms. The van der Waals surface area contributed by atoms with Gasteiger partial charge in [0.05, 0.1) is 4.90 Å². The van der Waals surface area contributed by atoms with Crippen LogP contribution in [-0.2, 0) is 22.9 Å². The summed E-state index contributed by atoms with van der Waals surface area (Å²) in [6, 6.07) is 7.03. The highest BCUT2D eigenvalue weighted by molar-refractivity contribution is 7.89. The van der Waals surface area contributed by atoms with Crippen LogP contribution in [-0.4, -0.2) is 30.1 Å². The van der Waals surface area contributed by atoms with Crippen LogP contribution < -0.4 is 4.72 Å². The van der Waals surface area contributed by atoms with Crippen LogP contribution in [0.2, 0.25) is 0 Å². The van der Waals surface area contributed by atoms with Gasteiger partial charge >= 0.3 is 0 Å². The molecule has 1 heterocycles. The Balaban J connectivity index is 1.95. The van der Waals surface area contributed by atoms with E-state index < -0.39 is 10.0 Å². The topological polar surface area (TPSA) is 87.7 Å². The largest absolute Gasteiger partial charge is 0.263 e. The normalized spacial score (nSPS) is 12.0. The van der Waals surface area contributed by atoms with E-state index in [1.165, 1.54) is 6.33 Å². The lowest BCUT2D eigenvalue weighted by Gasteiger charge is -2.08. The Morgan fingerprint density at radius 1 is 1.24 bits per heavy atom. The molecule has 21 heavy (non-hydrogen) atoms. The van der Waals surface area contributed by atoms with Crippen molar-refractivity contribution in [3.8, 4) is 0 Å². The molecule has 2 rings (SSSR count). The number of nitrogens with one attached hydrogen (secondary N) is 2. The summed E-state index contributed by atoms with van der Waals surface area (Å²) in [7, 11) is -3.47. The molecule has 0 amide bonds. The molecule has 0 atom stereocenters. The molecule has 7 heteroatoms. The average molecular weight is 308 g/mol. The van der Waals surface area contributed by atoms with E-state index in [2.05, 4.69) is 33.8 Å². The maximum Gasteiger partial charge on any atom is 0.240 e. The molecular weight excluding hydrogens is 288 g/mol. The molecule has 0 aliphatic rings. The minimum Gasteiger partial charge on any atom is -0.263 e. The molecule has 0 unspecified atom stereocenters. The Kier molecular flexibility index (Phi) is 5.08. The molecule has 0 radical (unpaired) electrons. The number of aromatic nitrogens is 3. The highest BCUT2D eigenvalue weighted by Gasteiger charge is 2.13. The van der Waals surface area contributed by atoms with Gasteiger partial charge in [0.2, 0.25) is 10.0 Å². The molecule has 1 aromatic carbocycles. The van der Waals surface area contributed by atoms with E-state index in [0.29, 0.717) is 18.2 Å². The van der Waals surface area contributed by atoms with Gasteiger partial charge in [-0.2, -0.15) is 5.10 Å². The minimum atomic E-state index is -3.47. The number of nitrogens with zero attached hydrogens (tertiary/aromatic N) is 2. The molecule has 1 aromatic heterocycles. The number of H-pyrrole nitrogens is 1. The van der Waals surface area contributed by atoms with E-state index in [9.17, 15) is 8.42 Å². The number of aromatic amines is 1. The maximum absolute atomic E-state index is 12.1. The molecule has 0 bridgehead atoms. The molecular formula is C14H20N4O2S. The van der Waals surface area contributed by atoms with Crippen LogP contribution >= 0.6 is 0 Å². The van der Waals surface area contributed by atoms with E-state index in [4.69, 9.17) is 0 Å². The molecule has 0 saturated heterocycles. The smallest absolute Gasteiger partial charge is 0.240 e. The van der Waals surface area contributed by atoms with Crippen LogP contribution in [0.1, 0.15) is 25.2 Å². The lowest BCUT2D eigenvalue weighted by molar-refractivity contribution is 0.580. The van der Waals surface area contributed by atoms with Crippen LogP contribution in [0.5, 0.6) is 0 Å². The third-order valence-electron chi connectivity index (χ3n) is 3.00. The van der Waals surface area contributed by atoms with Gasteiger partial charge in [0.25, 0.3) is 0 Å². The van der Waals surface area contributed by atoms with Crippen molar-refractivity contribution >= 4 is 10.0 Å². The van der Waals surface area contributed by atoms with Gasteiger partial charge in [-0.05, 0) is 30.0 Å². The fourth-order valence-corrected chi connectivity index (χ4v) is 3.05. The van der Waals surface area contributed by atoms with E-state index in [1.54, 1.807) is 12.1 Å². The second kappa shape index (κ2) is 6.82. The van der Waals surface area contributed by atoms with Crippen molar-refractivity contribution in [2.45, 2.75) is 31.6 Å². The quantitative estimate of drug-likeness (QED) is 0.812. The van der Waals surface area contributed by atoms with Crippen molar-refractivity contribution in [1.82, 2.24) is 19.9 Å². The molecule has 114 valence electrons. The number of hydrogen-bond acceptors (Lipinski definition) is 4. The summed E-state index contributed by atoms with van der Waals surface area (Å²) in [4.78, 5) is 4.23. The number of rotatable bonds is 7. The van der Waals surface area contributed by atoms with Gasteiger partial charge in [0.1, 0.15) is 12.2 Å². The average Bonchev–Trinajstić information content (AvgIpc) is 2.91. The Labute approximate surface area is 125 Å². The van der Waals surface area contributed by atoms with Crippen molar-refractivity contribution in [1.29, 1.82) is 0 Å². The second-order valence-electron chi connectivity index (χ2n) is 5.32. The van der Waals surface area contributed by atoms with Crippen LogP contribution in [0.25, 0.3) is 0 Å². The third-order valence-corrected chi connectivity index (χ3v) is 4.47. The summed E-state index contributed by atoms with van der Waals surface area (Å²) in [6.45, 7) is 4.55. The third kappa shape index (κ3) is 4.64. The van der Waals surface area contributed by atoms with Crippen LogP contribution in [0.4, 0.5) is 0 Å². The first-order valence-corrected chi connectivity index (χ1v) is 8.38. The summed E-state index contributed by atoms with van der Waals surface area (Å²) in [5.74, 6) is 1.21. The number of sulfonamides is 1. The predicted octanol–water partition coefficient (Wildman–Crippen LogP) is 1.52. The summed E-state index contributed by atoms with van der Waals surface area (Å²) in [6.07, 6.45) is 2.82. The summed E-state index contributed by atoms with van der Waals surface area (Å²) >= 11 is 0. The summed E-state index contributed by atoms with van der Waals surface area (Å²) in [5, 5.41) is 6.41. The van der Waals surface area contributed by atoms with Gasteiger partial charge in [0.15, 0.2) is 0 Å². The van der Waals surface area contributed by atoms with E-state index >= 15 is 0 Å². The lowest BCUT2D eigenvalue weighted by atomic mass is 10.0.